The normalized spacial score (nSPS) is 11.7. The second kappa shape index (κ2) is 8.34. The molecule has 6 nitrogen and oxygen atoms in total. The minimum absolute atomic E-state index is 0.0326. The highest BCUT2D eigenvalue weighted by atomic mass is 35.5. The summed E-state index contributed by atoms with van der Waals surface area (Å²) >= 11 is 6.69. The van der Waals surface area contributed by atoms with Crippen LogP contribution in [0.2, 0.25) is 5.02 Å². The fourth-order valence-corrected chi connectivity index (χ4v) is 5.40. The Bertz CT molecular complexity index is 911. The first kappa shape index (κ1) is 20.6. The van der Waals surface area contributed by atoms with Crippen LogP contribution in [0.5, 0.6) is 5.75 Å². The number of carbonyl (C=O) groups is 1. The lowest BCUT2D eigenvalue weighted by molar-refractivity contribution is 0.0948. The average Bonchev–Trinajstić information content (AvgIpc) is 3.06. The van der Waals surface area contributed by atoms with Gasteiger partial charge in [0.25, 0.3) is 15.9 Å². The molecule has 1 heterocycles. The molecule has 0 aliphatic heterocycles. The monoisotopic (exact) mass is 420 g/mol. The first-order valence-corrected chi connectivity index (χ1v) is 10.4. The minimum Gasteiger partial charge on any atom is -0.506 e. The van der Waals surface area contributed by atoms with Crippen LogP contribution < -0.4 is 5.32 Å². The lowest BCUT2D eigenvalue weighted by atomic mass is 10.2. The van der Waals surface area contributed by atoms with Crippen LogP contribution in [-0.4, -0.2) is 36.8 Å². The highest BCUT2D eigenvalue weighted by molar-refractivity contribution is 7.91. The lowest BCUT2D eigenvalue weighted by Crippen LogP contribution is -2.30. The molecule has 2 rings (SSSR count). The van der Waals surface area contributed by atoms with Gasteiger partial charge >= 0.3 is 0 Å². The number of phenols is 1. The Morgan fingerprint density at radius 1 is 1.31 bits per heavy atom. The van der Waals surface area contributed by atoms with Gasteiger partial charge in [-0.25, -0.2) is 12.8 Å². The Hall–Kier alpha value is -1.68. The van der Waals surface area contributed by atoms with Gasteiger partial charge in [0.2, 0.25) is 0 Å². The maximum absolute atomic E-state index is 13.4. The second-order valence-electron chi connectivity index (χ2n) is 5.28. The number of amides is 1. The summed E-state index contributed by atoms with van der Waals surface area (Å²) in [6, 6.07) is 4.86. The molecule has 1 amide bonds. The molecule has 1 aromatic heterocycles. The summed E-state index contributed by atoms with van der Waals surface area (Å²) in [4.78, 5) is 12.7. The summed E-state index contributed by atoms with van der Waals surface area (Å²) < 4.78 is 39.8. The molecular weight excluding hydrogens is 403 g/mol. The smallest absolute Gasteiger partial charge is 0.255 e. The number of aromatic hydroxyl groups is 1. The maximum atomic E-state index is 13.4. The third-order valence-corrected chi connectivity index (χ3v) is 7.52. The van der Waals surface area contributed by atoms with Gasteiger partial charge in [0.05, 0.1) is 17.1 Å². The largest absolute Gasteiger partial charge is 0.506 e. The molecule has 142 valence electrons. The van der Waals surface area contributed by atoms with Crippen LogP contribution in [0.3, 0.4) is 0 Å². The van der Waals surface area contributed by atoms with Crippen molar-refractivity contribution in [3.05, 3.63) is 45.5 Å². The zero-order valence-corrected chi connectivity index (χ0v) is 16.5. The molecule has 26 heavy (non-hydrogen) atoms. The molecule has 2 aromatic rings. The van der Waals surface area contributed by atoms with E-state index in [0.29, 0.717) is 18.0 Å². The standard InChI is InChI=1S/C16H18ClFN2O4S2/c1-3-20(4-2)26(23,24)14-6-5-11(25-14)9-19-16(22)12-7-10(18)8-13(17)15(12)21/h5-8,21H,3-4,9H2,1-2H3,(H,19,22). The van der Waals surface area contributed by atoms with Crippen LogP contribution in [0.1, 0.15) is 29.1 Å². The van der Waals surface area contributed by atoms with Crippen LogP contribution in [0.15, 0.2) is 28.5 Å². The molecule has 1 aromatic carbocycles. The number of rotatable bonds is 7. The molecule has 0 saturated carbocycles. The molecular formula is C16H18ClFN2O4S2. The van der Waals surface area contributed by atoms with Crippen molar-refractivity contribution in [1.82, 2.24) is 9.62 Å². The van der Waals surface area contributed by atoms with Gasteiger partial charge in [-0.15, -0.1) is 11.3 Å². The molecule has 0 bridgehead atoms. The van der Waals surface area contributed by atoms with Crippen molar-refractivity contribution in [1.29, 1.82) is 0 Å². The van der Waals surface area contributed by atoms with Gasteiger partial charge in [-0.05, 0) is 24.3 Å². The number of benzene rings is 1. The Morgan fingerprint density at radius 3 is 2.58 bits per heavy atom. The third-order valence-electron chi connectivity index (χ3n) is 3.63. The topological polar surface area (TPSA) is 86.7 Å². The van der Waals surface area contributed by atoms with E-state index in [0.717, 1.165) is 23.5 Å². The molecule has 0 aliphatic rings. The number of sulfonamides is 1. The first-order chi connectivity index (χ1) is 12.2. The van der Waals surface area contributed by atoms with Crippen LogP contribution in [-0.2, 0) is 16.6 Å². The van der Waals surface area contributed by atoms with Crippen molar-refractivity contribution in [3.8, 4) is 5.75 Å². The molecule has 0 fully saturated rings. The van der Waals surface area contributed by atoms with E-state index in [-0.39, 0.29) is 21.3 Å². The fourth-order valence-electron chi connectivity index (χ4n) is 2.28. The summed E-state index contributed by atoms with van der Waals surface area (Å²) in [6.45, 7) is 4.27. The van der Waals surface area contributed by atoms with Gasteiger partial charge < -0.3 is 10.4 Å². The Kier molecular flexibility index (Phi) is 6.62. The van der Waals surface area contributed by atoms with Crippen molar-refractivity contribution in [3.63, 3.8) is 0 Å². The molecule has 0 spiro atoms. The number of hydrogen-bond donors (Lipinski definition) is 2. The minimum atomic E-state index is -3.56. The number of nitrogens with zero attached hydrogens (tertiary/aromatic N) is 1. The van der Waals surface area contributed by atoms with Crippen LogP contribution in [0.25, 0.3) is 0 Å². The molecule has 0 unspecified atom stereocenters. The van der Waals surface area contributed by atoms with E-state index in [1.54, 1.807) is 19.9 Å². The van der Waals surface area contributed by atoms with Gasteiger partial charge in [0, 0.05) is 18.0 Å². The van der Waals surface area contributed by atoms with Gasteiger partial charge in [-0.3, -0.25) is 4.79 Å². The van der Waals surface area contributed by atoms with E-state index in [2.05, 4.69) is 5.32 Å². The van der Waals surface area contributed by atoms with E-state index in [1.165, 1.54) is 10.4 Å². The summed E-state index contributed by atoms with van der Waals surface area (Å²) in [6.07, 6.45) is 0. The molecule has 0 aliphatic carbocycles. The van der Waals surface area contributed by atoms with Gasteiger partial charge in [0.1, 0.15) is 15.8 Å². The van der Waals surface area contributed by atoms with Gasteiger partial charge in [0.15, 0.2) is 0 Å². The number of nitrogens with one attached hydrogen (secondary N) is 1. The van der Waals surface area contributed by atoms with E-state index in [1.807, 2.05) is 0 Å². The average molecular weight is 421 g/mol. The van der Waals surface area contributed by atoms with Crippen LogP contribution >= 0.6 is 22.9 Å². The number of carbonyl (C=O) groups excluding carboxylic acids is 1. The number of phenolic OH excluding ortho intramolecular Hbond substituents is 1. The fraction of sp³-hybridized carbons (Fsp3) is 0.312. The molecule has 0 radical (unpaired) electrons. The Morgan fingerprint density at radius 2 is 1.96 bits per heavy atom. The zero-order chi connectivity index (χ0) is 19.5. The van der Waals surface area contributed by atoms with Crippen molar-refractivity contribution >= 4 is 38.9 Å². The Balaban J connectivity index is 2.12. The lowest BCUT2D eigenvalue weighted by Gasteiger charge is -2.16. The van der Waals surface area contributed by atoms with E-state index in [4.69, 9.17) is 11.6 Å². The van der Waals surface area contributed by atoms with E-state index in [9.17, 15) is 22.7 Å². The number of halogens is 2. The quantitative estimate of drug-likeness (QED) is 0.720. The first-order valence-electron chi connectivity index (χ1n) is 7.75. The van der Waals surface area contributed by atoms with Crippen LogP contribution in [0.4, 0.5) is 4.39 Å². The molecule has 2 N–H and O–H groups in total. The summed E-state index contributed by atoms with van der Waals surface area (Å²) in [5.41, 5.74) is -0.289. The third kappa shape index (κ3) is 4.35. The number of hydrogen-bond acceptors (Lipinski definition) is 5. The van der Waals surface area contributed by atoms with Crippen molar-refractivity contribution < 1.29 is 22.7 Å². The maximum Gasteiger partial charge on any atom is 0.255 e. The van der Waals surface area contributed by atoms with E-state index < -0.39 is 27.5 Å². The van der Waals surface area contributed by atoms with Crippen molar-refractivity contribution in [2.45, 2.75) is 24.6 Å². The zero-order valence-electron chi connectivity index (χ0n) is 14.1. The second-order valence-corrected chi connectivity index (χ2v) is 9.02. The molecule has 0 atom stereocenters. The SMILES string of the molecule is CCN(CC)S(=O)(=O)c1ccc(CNC(=O)c2cc(F)cc(Cl)c2O)s1. The van der Waals surface area contributed by atoms with Crippen LogP contribution in [0, 0.1) is 5.82 Å². The summed E-state index contributed by atoms with van der Waals surface area (Å²) in [5.74, 6) is -1.98. The highest BCUT2D eigenvalue weighted by Crippen LogP contribution is 2.29. The van der Waals surface area contributed by atoms with Crippen molar-refractivity contribution in [2.24, 2.45) is 0 Å². The van der Waals surface area contributed by atoms with Crippen molar-refractivity contribution in [2.75, 3.05) is 13.1 Å². The highest BCUT2D eigenvalue weighted by Gasteiger charge is 2.23. The predicted octanol–water partition coefficient (Wildman–Crippen LogP) is 3.21. The number of thiophene rings is 1. The molecule has 10 heteroatoms. The van der Waals surface area contributed by atoms with Gasteiger partial charge in [-0.1, -0.05) is 25.4 Å². The van der Waals surface area contributed by atoms with Gasteiger partial charge in [-0.2, -0.15) is 4.31 Å². The van der Waals surface area contributed by atoms with E-state index >= 15 is 0 Å². The Labute approximate surface area is 160 Å². The predicted molar refractivity (Wildman–Crippen MR) is 98.7 cm³/mol. The summed E-state index contributed by atoms with van der Waals surface area (Å²) in [5, 5.41) is 12.0. The molecule has 0 saturated heterocycles. The summed E-state index contributed by atoms with van der Waals surface area (Å²) in [7, 11) is -3.56.